The molecule has 0 aliphatic heterocycles. The second kappa shape index (κ2) is 5.09. The Morgan fingerprint density at radius 1 is 1.10 bits per heavy atom. The molecule has 2 aromatic heterocycles. The average Bonchev–Trinajstić information content (AvgIpc) is 2.53. The van der Waals surface area contributed by atoms with Crippen molar-refractivity contribution in [2.24, 2.45) is 0 Å². The number of fused-ring (bicyclic) bond motifs is 1. The van der Waals surface area contributed by atoms with Crippen LogP contribution < -0.4 is 4.74 Å². The summed E-state index contributed by atoms with van der Waals surface area (Å²) in [5.74, 6) is 0.487. The Kier molecular flexibility index (Phi) is 3.13. The van der Waals surface area contributed by atoms with Crippen molar-refractivity contribution in [3.63, 3.8) is 0 Å². The van der Waals surface area contributed by atoms with Crippen molar-refractivity contribution < 1.29 is 9.53 Å². The fourth-order valence-electron chi connectivity index (χ4n) is 2.04. The number of carbonyl (C=O) groups is 1. The molecule has 0 radical (unpaired) electrons. The third kappa shape index (κ3) is 2.23. The highest BCUT2D eigenvalue weighted by atomic mass is 16.5. The van der Waals surface area contributed by atoms with Crippen molar-refractivity contribution in [2.45, 2.75) is 0 Å². The lowest BCUT2D eigenvalue weighted by Gasteiger charge is -2.04. The van der Waals surface area contributed by atoms with Crippen LogP contribution in [0.2, 0.25) is 0 Å². The van der Waals surface area contributed by atoms with E-state index < -0.39 is 0 Å². The number of benzene rings is 1. The molecule has 1 aromatic carbocycles. The first-order chi connectivity index (χ1) is 9.78. The molecule has 0 aliphatic carbocycles. The number of hydrogen-bond acceptors (Lipinski definition) is 4. The molecular formula is C16H12N2O2. The molecule has 0 bridgehead atoms. The third-order valence-corrected chi connectivity index (χ3v) is 3.08. The highest BCUT2D eigenvalue weighted by Gasteiger charge is 2.11. The lowest BCUT2D eigenvalue weighted by Crippen LogP contribution is -2.02. The smallest absolute Gasteiger partial charge is 0.194 e. The van der Waals surface area contributed by atoms with E-state index in [2.05, 4.69) is 9.97 Å². The van der Waals surface area contributed by atoms with Crippen molar-refractivity contribution in [3.8, 4) is 5.75 Å². The van der Waals surface area contributed by atoms with Gasteiger partial charge >= 0.3 is 0 Å². The lowest BCUT2D eigenvalue weighted by molar-refractivity contribution is 0.103. The number of hydrogen-bond donors (Lipinski definition) is 0. The van der Waals surface area contributed by atoms with Gasteiger partial charge in [-0.1, -0.05) is 6.07 Å². The van der Waals surface area contributed by atoms with Crippen molar-refractivity contribution in [2.75, 3.05) is 7.11 Å². The zero-order chi connectivity index (χ0) is 13.9. The fraction of sp³-hybridized carbons (Fsp3) is 0.0625. The number of carbonyl (C=O) groups excluding carboxylic acids is 1. The molecule has 3 rings (SSSR count). The minimum Gasteiger partial charge on any atom is -0.495 e. The molecule has 0 amide bonds. The maximum Gasteiger partial charge on any atom is 0.194 e. The van der Waals surface area contributed by atoms with Gasteiger partial charge in [-0.15, -0.1) is 0 Å². The number of ketones is 1. The van der Waals surface area contributed by atoms with E-state index in [1.165, 1.54) is 6.20 Å². The van der Waals surface area contributed by atoms with Crippen LogP contribution >= 0.6 is 0 Å². The van der Waals surface area contributed by atoms with Gasteiger partial charge in [-0.05, 0) is 30.3 Å². The Hall–Kier alpha value is -2.75. The second-order valence-corrected chi connectivity index (χ2v) is 4.35. The van der Waals surface area contributed by atoms with Gasteiger partial charge in [0.2, 0.25) is 0 Å². The minimum absolute atomic E-state index is 0.0813. The number of rotatable bonds is 3. The van der Waals surface area contributed by atoms with Gasteiger partial charge in [-0.25, -0.2) is 0 Å². The third-order valence-electron chi connectivity index (χ3n) is 3.08. The molecule has 4 heteroatoms. The Morgan fingerprint density at radius 3 is 2.85 bits per heavy atom. The number of pyridine rings is 2. The van der Waals surface area contributed by atoms with Gasteiger partial charge in [0.15, 0.2) is 5.78 Å². The molecule has 0 saturated carbocycles. The summed E-state index contributed by atoms with van der Waals surface area (Å²) in [4.78, 5) is 20.7. The molecule has 3 aromatic rings. The van der Waals surface area contributed by atoms with Gasteiger partial charge in [0.25, 0.3) is 0 Å². The van der Waals surface area contributed by atoms with Crippen molar-refractivity contribution in [1.29, 1.82) is 0 Å². The van der Waals surface area contributed by atoms with E-state index in [9.17, 15) is 4.79 Å². The first-order valence-electron chi connectivity index (χ1n) is 6.16. The molecule has 0 spiro atoms. The van der Waals surface area contributed by atoms with Crippen LogP contribution in [0.25, 0.3) is 10.9 Å². The van der Waals surface area contributed by atoms with Gasteiger partial charge in [-0.3, -0.25) is 14.8 Å². The summed E-state index contributed by atoms with van der Waals surface area (Å²) in [5, 5.41) is 0.939. The van der Waals surface area contributed by atoms with E-state index in [-0.39, 0.29) is 5.78 Å². The van der Waals surface area contributed by atoms with Crippen LogP contribution in [-0.4, -0.2) is 22.9 Å². The zero-order valence-corrected chi connectivity index (χ0v) is 10.9. The van der Waals surface area contributed by atoms with E-state index in [0.717, 1.165) is 10.9 Å². The number of nitrogens with zero attached hydrogens (tertiary/aromatic N) is 2. The van der Waals surface area contributed by atoms with E-state index in [4.69, 9.17) is 4.74 Å². The zero-order valence-electron chi connectivity index (χ0n) is 10.9. The summed E-state index contributed by atoms with van der Waals surface area (Å²) in [7, 11) is 1.55. The first kappa shape index (κ1) is 12.3. The summed E-state index contributed by atoms with van der Waals surface area (Å²) in [6, 6.07) is 10.9. The van der Waals surface area contributed by atoms with Crippen LogP contribution in [0.15, 0.2) is 55.0 Å². The molecule has 20 heavy (non-hydrogen) atoms. The van der Waals surface area contributed by atoms with E-state index in [0.29, 0.717) is 16.9 Å². The average molecular weight is 264 g/mol. The van der Waals surface area contributed by atoms with Crippen LogP contribution in [0.5, 0.6) is 5.75 Å². The predicted molar refractivity (Wildman–Crippen MR) is 76.0 cm³/mol. The normalized spacial score (nSPS) is 10.4. The molecule has 98 valence electrons. The summed E-state index contributed by atoms with van der Waals surface area (Å²) in [5.41, 5.74) is 1.99. The number of methoxy groups -OCH3 is 1. The van der Waals surface area contributed by atoms with Gasteiger partial charge in [0.1, 0.15) is 5.75 Å². The summed E-state index contributed by atoms with van der Waals surface area (Å²) in [6.07, 6.45) is 4.84. The maximum absolute atomic E-state index is 12.4. The monoisotopic (exact) mass is 264 g/mol. The number of ether oxygens (including phenoxy) is 1. The van der Waals surface area contributed by atoms with E-state index in [1.807, 2.05) is 24.3 Å². The lowest BCUT2D eigenvalue weighted by atomic mass is 10.0. The molecule has 0 unspecified atom stereocenters. The molecule has 0 fully saturated rings. The van der Waals surface area contributed by atoms with Crippen LogP contribution in [0.1, 0.15) is 15.9 Å². The van der Waals surface area contributed by atoms with Gasteiger partial charge in [0, 0.05) is 28.9 Å². The van der Waals surface area contributed by atoms with Crippen molar-refractivity contribution in [3.05, 3.63) is 66.1 Å². The molecular weight excluding hydrogens is 252 g/mol. The molecule has 0 saturated heterocycles. The van der Waals surface area contributed by atoms with Crippen LogP contribution in [0, 0.1) is 0 Å². The Labute approximate surface area is 116 Å². The van der Waals surface area contributed by atoms with Gasteiger partial charge in [-0.2, -0.15) is 0 Å². The maximum atomic E-state index is 12.4. The van der Waals surface area contributed by atoms with Gasteiger partial charge in [0.05, 0.1) is 18.8 Å². The van der Waals surface area contributed by atoms with Crippen LogP contribution in [0.4, 0.5) is 0 Å². The van der Waals surface area contributed by atoms with Crippen LogP contribution in [-0.2, 0) is 0 Å². The van der Waals surface area contributed by atoms with E-state index >= 15 is 0 Å². The predicted octanol–water partition coefficient (Wildman–Crippen LogP) is 2.87. The molecule has 2 heterocycles. The summed E-state index contributed by atoms with van der Waals surface area (Å²) < 4.78 is 5.09. The topological polar surface area (TPSA) is 52.1 Å². The standard InChI is InChI=1S/C16H12N2O2/c1-20-14-8-13(9-17-10-14)16(19)12-4-5-15-11(7-12)3-2-6-18-15/h2-10H,1H3. The Bertz CT molecular complexity index is 784. The fourth-order valence-corrected chi connectivity index (χ4v) is 2.04. The molecule has 0 atom stereocenters. The SMILES string of the molecule is COc1cncc(C(=O)c2ccc3ncccc3c2)c1. The molecule has 0 N–H and O–H groups in total. The highest BCUT2D eigenvalue weighted by molar-refractivity contribution is 6.10. The number of aromatic nitrogens is 2. The Balaban J connectivity index is 2.03. The van der Waals surface area contributed by atoms with Crippen molar-refractivity contribution in [1.82, 2.24) is 9.97 Å². The quantitative estimate of drug-likeness (QED) is 0.682. The highest BCUT2D eigenvalue weighted by Crippen LogP contribution is 2.18. The van der Waals surface area contributed by atoms with Gasteiger partial charge < -0.3 is 4.74 Å². The summed E-state index contributed by atoms with van der Waals surface area (Å²) >= 11 is 0. The van der Waals surface area contributed by atoms with E-state index in [1.54, 1.807) is 31.6 Å². The van der Waals surface area contributed by atoms with Crippen LogP contribution in [0.3, 0.4) is 0 Å². The largest absolute Gasteiger partial charge is 0.495 e. The first-order valence-corrected chi connectivity index (χ1v) is 6.16. The molecule has 0 aliphatic rings. The molecule has 4 nitrogen and oxygen atoms in total. The Morgan fingerprint density at radius 2 is 2.00 bits per heavy atom. The van der Waals surface area contributed by atoms with Crippen molar-refractivity contribution >= 4 is 16.7 Å². The minimum atomic E-state index is -0.0813. The summed E-state index contributed by atoms with van der Waals surface area (Å²) in [6.45, 7) is 0. The second-order valence-electron chi connectivity index (χ2n) is 4.35.